The molecule has 0 aliphatic carbocycles. The third-order valence-electron chi connectivity index (χ3n) is 5.01. The molecule has 4 heteroatoms. The molecule has 0 fully saturated rings. The summed E-state index contributed by atoms with van der Waals surface area (Å²) in [5, 5.41) is 0.180. The Morgan fingerprint density at radius 3 is 2.08 bits per heavy atom. The second-order valence-electron chi connectivity index (χ2n) is 9.05. The van der Waals surface area contributed by atoms with Crippen molar-refractivity contribution >= 4 is 14.2 Å². The smallest absolute Gasteiger partial charge is 0.254 e. The zero-order chi connectivity index (χ0) is 18.8. The number of benzene rings is 1. The highest BCUT2D eigenvalue weighted by Crippen LogP contribution is 2.36. The number of carbonyl (C=O) groups is 1. The highest BCUT2D eigenvalue weighted by Gasteiger charge is 2.37. The first-order valence-electron chi connectivity index (χ1n) is 8.79. The fraction of sp³-hybridized carbons (Fsp3) is 0.650. The molecule has 136 valence electrons. The molecule has 0 aliphatic rings. The number of nitrogens with zero attached hydrogens (tertiary/aromatic N) is 1. The third-order valence-corrected chi connectivity index (χ3v) is 9.55. The summed E-state index contributed by atoms with van der Waals surface area (Å²) in [6, 6.07) is 7.78. The Balaban J connectivity index is 2.89. The van der Waals surface area contributed by atoms with Gasteiger partial charge in [-0.2, -0.15) is 0 Å². The lowest BCUT2D eigenvalue weighted by atomic mass is 10.0. The van der Waals surface area contributed by atoms with E-state index in [1.807, 2.05) is 36.1 Å². The number of amides is 1. The fourth-order valence-corrected chi connectivity index (χ4v) is 3.34. The topological polar surface area (TPSA) is 29.5 Å². The van der Waals surface area contributed by atoms with E-state index in [-0.39, 0.29) is 16.5 Å². The molecule has 0 bridgehead atoms. The number of hydrogen-bond acceptors (Lipinski definition) is 2. The van der Waals surface area contributed by atoms with E-state index in [4.69, 9.17) is 4.43 Å². The van der Waals surface area contributed by atoms with Crippen LogP contribution in [-0.4, -0.2) is 37.8 Å². The molecule has 1 aromatic rings. The van der Waals surface area contributed by atoms with Crippen molar-refractivity contribution in [2.45, 2.75) is 72.1 Å². The third kappa shape index (κ3) is 5.18. The van der Waals surface area contributed by atoms with Gasteiger partial charge in [0.15, 0.2) is 8.32 Å². The molecule has 0 aliphatic heterocycles. The lowest BCUT2D eigenvalue weighted by molar-refractivity contribution is 0.0532. The molecule has 0 unspecified atom stereocenters. The number of carbonyl (C=O) groups excluding carboxylic acids is 1. The van der Waals surface area contributed by atoms with Gasteiger partial charge in [-0.1, -0.05) is 39.0 Å². The van der Waals surface area contributed by atoms with Crippen LogP contribution in [0.25, 0.3) is 0 Å². The molecule has 0 atom stereocenters. The molecule has 0 N–H and O–H groups in total. The van der Waals surface area contributed by atoms with Crippen LogP contribution in [0.2, 0.25) is 18.1 Å². The van der Waals surface area contributed by atoms with E-state index in [0.717, 1.165) is 11.1 Å². The molecule has 24 heavy (non-hydrogen) atoms. The van der Waals surface area contributed by atoms with Gasteiger partial charge in [0.05, 0.1) is 6.61 Å². The molecule has 0 saturated heterocycles. The van der Waals surface area contributed by atoms with Gasteiger partial charge in [-0.15, -0.1) is 0 Å². The Morgan fingerprint density at radius 1 is 1.08 bits per heavy atom. The molecule has 1 rings (SSSR count). The zero-order valence-electron chi connectivity index (χ0n) is 17.0. The van der Waals surface area contributed by atoms with E-state index in [1.54, 1.807) is 0 Å². The van der Waals surface area contributed by atoms with E-state index in [9.17, 15) is 4.79 Å². The van der Waals surface area contributed by atoms with Crippen LogP contribution >= 0.6 is 0 Å². The first kappa shape index (κ1) is 20.9. The number of hydrogen-bond donors (Lipinski definition) is 0. The van der Waals surface area contributed by atoms with E-state index in [2.05, 4.69) is 54.6 Å². The summed E-state index contributed by atoms with van der Waals surface area (Å²) < 4.78 is 6.28. The van der Waals surface area contributed by atoms with E-state index >= 15 is 0 Å². The first-order valence-corrected chi connectivity index (χ1v) is 11.7. The van der Waals surface area contributed by atoms with Crippen molar-refractivity contribution in [1.29, 1.82) is 0 Å². The Hall–Kier alpha value is -1.13. The van der Waals surface area contributed by atoms with Crippen molar-refractivity contribution < 1.29 is 9.22 Å². The molecule has 0 saturated carbocycles. The van der Waals surface area contributed by atoms with Crippen molar-refractivity contribution in [3.8, 4) is 0 Å². The standard InChI is InChI=1S/C20H35NO2Si/c1-16-12-10-11-13-17(16)18(22)21(19(2,3)4)14-15-23-24(8,9)20(5,6)7/h10-13H,14-15H2,1-9H3. The van der Waals surface area contributed by atoms with Crippen molar-refractivity contribution in [2.75, 3.05) is 13.2 Å². The Kier molecular flexibility index (Phi) is 6.45. The highest BCUT2D eigenvalue weighted by molar-refractivity contribution is 6.74. The molecule has 0 heterocycles. The lowest BCUT2D eigenvalue weighted by Crippen LogP contribution is -2.49. The summed E-state index contributed by atoms with van der Waals surface area (Å²) >= 11 is 0. The monoisotopic (exact) mass is 349 g/mol. The van der Waals surface area contributed by atoms with Gasteiger partial charge in [-0.3, -0.25) is 4.79 Å². The van der Waals surface area contributed by atoms with E-state index < -0.39 is 8.32 Å². The second kappa shape index (κ2) is 7.40. The van der Waals surface area contributed by atoms with Crippen LogP contribution in [0, 0.1) is 6.92 Å². The largest absolute Gasteiger partial charge is 0.415 e. The zero-order valence-corrected chi connectivity index (χ0v) is 18.0. The van der Waals surface area contributed by atoms with Gasteiger partial charge in [0.25, 0.3) is 5.91 Å². The van der Waals surface area contributed by atoms with Crippen molar-refractivity contribution in [2.24, 2.45) is 0 Å². The number of rotatable bonds is 5. The minimum absolute atomic E-state index is 0.0828. The van der Waals surface area contributed by atoms with Gasteiger partial charge in [0.2, 0.25) is 0 Å². The van der Waals surface area contributed by atoms with Gasteiger partial charge in [0.1, 0.15) is 0 Å². The van der Waals surface area contributed by atoms with Crippen LogP contribution in [0.15, 0.2) is 24.3 Å². The average molecular weight is 350 g/mol. The van der Waals surface area contributed by atoms with Gasteiger partial charge in [0, 0.05) is 17.6 Å². The summed E-state index contributed by atoms with van der Waals surface area (Å²) in [7, 11) is -1.79. The van der Waals surface area contributed by atoms with Gasteiger partial charge in [-0.05, 0) is 57.5 Å². The SMILES string of the molecule is Cc1ccccc1C(=O)N(CCO[Si](C)(C)C(C)(C)C)C(C)(C)C. The lowest BCUT2D eigenvalue weighted by Gasteiger charge is -2.39. The van der Waals surface area contributed by atoms with Crippen LogP contribution in [0.3, 0.4) is 0 Å². The molecule has 0 aromatic heterocycles. The molecule has 0 radical (unpaired) electrons. The average Bonchev–Trinajstić information content (AvgIpc) is 2.41. The van der Waals surface area contributed by atoms with Crippen LogP contribution in [0.4, 0.5) is 0 Å². The molecule has 0 spiro atoms. The summed E-state index contributed by atoms with van der Waals surface area (Å²) in [5.74, 6) is 0.0828. The normalized spacial score (nSPS) is 13.0. The van der Waals surface area contributed by atoms with Crippen molar-refractivity contribution in [3.63, 3.8) is 0 Å². The van der Waals surface area contributed by atoms with Gasteiger partial charge < -0.3 is 9.33 Å². The van der Waals surface area contributed by atoms with Crippen LogP contribution in [0.1, 0.15) is 57.5 Å². The maximum absolute atomic E-state index is 13.0. The Labute approximate surface area is 149 Å². The predicted octanol–water partition coefficient (Wildman–Crippen LogP) is 5.26. The quantitative estimate of drug-likeness (QED) is 0.679. The van der Waals surface area contributed by atoms with E-state index in [1.165, 1.54) is 0 Å². The van der Waals surface area contributed by atoms with Crippen molar-refractivity contribution in [1.82, 2.24) is 4.90 Å². The summed E-state index contributed by atoms with van der Waals surface area (Å²) in [6.07, 6.45) is 0. The molecule has 1 amide bonds. The Morgan fingerprint density at radius 2 is 1.62 bits per heavy atom. The maximum Gasteiger partial charge on any atom is 0.254 e. The van der Waals surface area contributed by atoms with Gasteiger partial charge >= 0.3 is 0 Å². The van der Waals surface area contributed by atoms with Crippen LogP contribution in [0.5, 0.6) is 0 Å². The maximum atomic E-state index is 13.0. The van der Waals surface area contributed by atoms with Gasteiger partial charge in [-0.25, -0.2) is 0 Å². The molecule has 1 aromatic carbocycles. The van der Waals surface area contributed by atoms with Crippen molar-refractivity contribution in [3.05, 3.63) is 35.4 Å². The minimum Gasteiger partial charge on any atom is -0.415 e. The minimum atomic E-state index is -1.79. The van der Waals surface area contributed by atoms with Crippen LogP contribution in [-0.2, 0) is 4.43 Å². The van der Waals surface area contributed by atoms with Crippen LogP contribution < -0.4 is 0 Å². The molecular formula is C20H35NO2Si. The highest BCUT2D eigenvalue weighted by atomic mass is 28.4. The molecule has 3 nitrogen and oxygen atoms in total. The fourth-order valence-electron chi connectivity index (χ4n) is 2.31. The van der Waals surface area contributed by atoms with E-state index in [0.29, 0.717) is 13.2 Å². The first-order chi connectivity index (χ1) is 10.8. The summed E-state index contributed by atoms with van der Waals surface area (Å²) in [6.45, 7) is 20.6. The Bertz CT molecular complexity index is 568. The summed E-state index contributed by atoms with van der Waals surface area (Å²) in [5.41, 5.74) is 1.55. The second-order valence-corrected chi connectivity index (χ2v) is 13.9. The molecular weight excluding hydrogens is 314 g/mol. The predicted molar refractivity (Wildman–Crippen MR) is 105 cm³/mol. The number of aryl methyl sites for hydroxylation is 1. The summed E-state index contributed by atoms with van der Waals surface area (Å²) in [4.78, 5) is 15.0.